The predicted octanol–water partition coefficient (Wildman–Crippen LogP) is 4.22. The molecule has 1 fully saturated rings. The quantitative estimate of drug-likeness (QED) is 0.669. The number of piperidine rings is 1. The van der Waals surface area contributed by atoms with Gasteiger partial charge in [0.2, 0.25) is 5.91 Å². The fourth-order valence-electron chi connectivity index (χ4n) is 3.55. The fourth-order valence-corrected chi connectivity index (χ4v) is 3.55. The maximum atomic E-state index is 12.7. The number of nitrogens with zero attached hydrogens (tertiary/aromatic N) is 3. The number of aryl methyl sites for hydroxylation is 1. The first kappa shape index (κ1) is 19.9. The second-order valence-electron chi connectivity index (χ2n) is 7.58. The summed E-state index contributed by atoms with van der Waals surface area (Å²) >= 11 is 0. The average Bonchev–Trinajstić information content (AvgIpc) is 2.80. The third-order valence-electron chi connectivity index (χ3n) is 5.34. The van der Waals surface area contributed by atoms with Crippen LogP contribution in [0.2, 0.25) is 0 Å². The van der Waals surface area contributed by atoms with E-state index >= 15 is 0 Å². The van der Waals surface area contributed by atoms with E-state index in [2.05, 4.69) is 20.4 Å². The standard InChI is InChI=1S/C24H26N4O2/c1-18-7-12-23(27-26-18)28-15-13-20(14-16-28)24(29)25-21-8-10-22(11-9-21)30-17-19-5-3-2-4-6-19/h2-12,20H,13-17H2,1H3,(H,25,29). The minimum atomic E-state index is 0.00802. The van der Waals surface area contributed by atoms with Crippen molar-refractivity contribution >= 4 is 17.4 Å². The van der Waals surface area contributed by atoms with Crippen LogP contribution in [0.4, 0.5) is 11.5 Å². The monoisotopic (exact) mass is 402 g/mol. The first-order valence-electron chi connectivity index (χ1n) is 10.3. The van der Waals surface area contributed by atoms with Crippen molar-refractivity contribution in [2.24, 2.45) is 5.92 Å². The lowest BCUT2D eigenvalue weighted by Crippen LogP contribution is -2.38. The molecule has 6 heteroatoms. The van der Waals surface area contributed by atoms with Crippen LogP contribution in [0.1, 0.15) is 24.1 Å². The number of aromatic nitrogens is 2. The second kappa shape index (κ2) is 9.39. The van der Waals surface area contributed by atoms with E-state index in [-0.39, 0.29) is 11.8 Å². The van der Waals surface area contributed by atoms with E-state index < -0.39 is 0 Å². The van der Waals surface area contributed by atoms with Crippen LogP contribution in [-0.4, -0.2) is 29.2 Å². The van der Waals surface area contributed by atoms with Crippen LogP contribution in [0.5, 0.6) is 5.75 Å². The summed E-state index contributed by atoms with van der Waals surface area (Å²) in [4.78, 5) is 14.9. The number of carbonyl (C=O) groups is 1. The van der Waals surface area contributed by atoms with Crippen LogP contribution in [0, 0.1) is 12.8 Å². The molecule has 0 spiro atoms. The first-order chi connectivity index (χ1) is 14.7. The fraction of sp³-hybridized carbons (Fsp3) is 0.292. The molecule has 1 aromatic heterocycles. The number of nitrogens with one attached hydrogen (secondary N) is 1. The van der Waals surface area contributed by atoms with E-state index in [1.54, 1.807) is 0 Å². The van der Waals surface area contributed by atoms with E-state index in [9.17, 15) is 4.79 Å². The molecule has 0 radical (unpaired) electrons. The molecule has 3 aromatic rings. The first-order valence-corrected chi connectivity index (χ1v) is 10.3. The molecule has 1 aliphatic rings. The van der Waals surface area contributed by atoms with Crippen molar-refractivity contribution in [1.82, 2.24) is 10.2 Å². The molecule has 0 saturated carbocycles. The van der Waals surface area contributed by atoms with Crippen molar-refractivity contribution in [3.8, 4) is 5.75 Å². The van der Waals surface area contributed by atoms with Gasteiger partial charge >= 0.3 is 0 Å². The maximum absolute atomic E-state index is 12.7. The molecule has 4 rings (SSSR count). The Labute approximate surface area is 176 Å². The molecule has 1 amide bonds. The van der Waals surface area contributed by atoms with Gasteiger partial charge in [-0.2, -0.15) is 5.10 Å². The second-order valence-corrected chi connectivity index (χ2v) is 7.58. The zero-order valence-electron chi connectivity index (χ0n) is 17.1. The molecule has 2 heterocycles. The number of ether oxygens (including phenoxy) is 1. The van der Waals surface area contributed by atoms with Gasteiger partial charge in [-0.3, -0.25) is 4.79 Å². The van der Waals surface area contributed by atoms with Crippen molar-refractivity contribution in [2.45, 2.75) is 26.4 Å². The van der Waals surface area contributed by atoms with Crippen molar-refractivity contribution < 1.29 is 9.53 Å². The van der Waals surface area contributed by atoms with E-state index in [1.165, 1.54) is 0 Å². The van der Waals surface area contributed by atoms with Gasteiger partial charge in [-0.1, -0.05) is 30.3 Å². The van der Waals surface area contributed by atoms with E-state index in [4.69, 9.17) is 4.74 Å². The minimum Gasteiger partial charge on any atom is -0.489 e. The highest BCUT2D eigenvalue weighted by Crippen LogP contribution is 2.24. The summed E-state index contributed by atoms with van der Waals surface area (Å²) in [7, 11) is 0. The SMILES string of the molecule is Cc1ccc(N2CCC(C(=O)Nc3ccc(OCc4ccccc4)cc3)CC2)nn1. The van der Waals surface area contributed by atoms with Gasteiger partial charge in [0.15, 0.2) is 5.82 Å². The van der Waals surface area contributed by atoms with Crippen molar-refractivity contribution in [3.05, 3.63) is 78.0 Å². The lowest BCUT2D eigenvalue weighted by atomic mass is 9.96. The Morgan fingerprint density at radius 3 is 2.40 bits per heavy atom. The van der Waals surface area contributed by atoms with E-state index in [1.807, 2.05) is 73.7 Å². The highest BCUT2D eigenvalue weighted by atomic mass is 16.5. The summed E-state index contributed by atoms with van der Waals surface area (Å²) in [6.07, 6.45) is 1.61. The van der Waals surface area contributed by atoms with Crippen molar-refractivity contribution in [3.63, 3.8) is 0 Å². The van der Waals surface area contributed by atoms with Crippen molar-refractivity contribution in [1.29, 1.82) is 0 Å². The predicted molar refractivity (Wildman–Crippen MR) is 118 cm³/mol. The summed E-state index contributed by atoms with van der Waals surface area (Å²) < 4.78 is 5.80. The Morgan fingerprint density at radius 2 is 1.73 bits per heavy atom. The van der Waals surface area contributed by atoms with E-state index in [0.29, 0.717) is 6.61 Å². The molecule has 1 aliphatic heterocycles. The molecule has 1 N–H and O–H groups in total. The molecule has 1 saturated heterocycles. The van der Waals surface area contributed by atoms with Crippen LogP contribution in [-0.2, 0) is 11.4 Å². The number of rotatable bonds is 6. The molecule has 30 heavy (non-hydrogen) atoms. The molecular weight excluding hydrogens is 376 g/mol. The average molecular weight is 402 g/mol. The lowest BCUT2D eigenvalue weighted by molar-refractivity contribution is -0.120. The smallest absolute Gasteiger partial charge is 0.227 e. The highest BCUT2D eigenvalue weighted by Gasteiger charge is 2.25. The molecule has 154 valence electrons. The zero-order valence-corrected chi connectivity index (χ0v) is 17.1. The Hall–Kier alpha value is -3.41. The number of amides is 1. The van der Waals surface area contributed by atoms with Gasteiger partial charge in [-0.25, -0.2) is 0 Å². The Bertz CT molecular complexity index is 951. The topological polar surface area (TPSA) is 67.4 Å². The minimum absolute atomic E-state index is 0.00802. The molecule has 0 aliphatic carbocycles. The van der Waals surface area contributed by atoms with Crippen LogP contribution < -0.4 is 15.0 Å². The molecule has 6 nitrogen and oxygen atoms in total. The Balaban J connectivity index is 1.25. The van der Waals surface area contributed by atoms with Gasteiger partial charge < -0.3 is 15.0 Å². The van der Waals surface area contributed by atoms with Crippen LogP contribution in [0.25, 0.3) is 0 Å². The van der Waals surface area contributed by atoms with Crippen LogP contribution >= 0.6 is 0 Å². The van der Waals surface area contributed by atoms with Crippen LogP contribution in [0.15, 0.2) is 66.7 Å². The molecular formula is C24H26N4O2. The van der Waals surface area contributed by atoms with Gasteiger partial charge in [0, 0.05) is 24.7 Å². The Morgan fingerprint density at radius 1 is 1.00 bits per heavy atom. The molecule has 0 unspecified atom stereocenters. The number of anilines is 2. The summed E-state index contributed by atoms with van der Waals surface area (Å²) in [6.45, 7) is 4.07. The van der Waals surface area contributed by atoms with Gasteiger partial charge in [-0.15, -0.1) is 5.10 Å². The third kappa shape index (κ3) is 5.14. The number of carbonyl (C=O) groups excluding carboxylic acids is 1. The summed E-state index contributed by atoms with van der Waals surface area (Å²) in [5.41, 5.74) is 2.82. The van der Waals surface area contributed by atoms with Crippen molar-refractivity contribution in [2.75, 3.05) is 23.3 Å². The third-order valence-corrected chi connectivity index (χ3v) is 5.34. The van der Waals surface area contributed by atoms with E-state index in [0.717, 1.165) is 54.4 Å². The lowest BCUT2D eigenvalue weighted by Gasteiger charge is -2.31. The summed E-state index contributed by atoms with van der Waals surface area (Å²) in [5.74, 6) is 1.74. The normalized spacial score (nSPS) is 14.4. The Kier molecular flexibility index (Phi) is 6.23. The molecule has 0 bridgehead atoms. The highest BCUT2D eigenvalue weighted by molar-refractivity contribution is 5.92. The van der Waals surface area contributed by atoms with Gasteiger partial charge in [0.25, 0.3) is 0 Å². The number of benzene rings is 2. The largest absolute Gasteiger partial charge is 0.489 e. The maximum Gasteiger partial charge on any atom is 0.227 e. The van der Waals surface area contributed by atoms with Gasteiger partial charge in [-0.05, 0) is 61.7 Å². The number of hydrogen-bond donors (Lipinski definition) is 1. The summed E-state index contributed by atoms with van der Waals surface area (Å²) in [5, 5.41) is 11.4. The number of hydrogen-bond acceptors (Lipinski definition) is 5. The molecule has 2 aromatic carbocycles. The summed E-state index contributed by atoms with van der Waals surface area (Å²) in [6, 6.07) is 21.5. The zero-order chi connectivity index (χ0) is 20.8. The molecule has 0 atom stereocenters. The van der Waals surface area contributed by atoms with Crippen LogP contribution in [0.3, 0.4) is 0 Å². The van der Waals surface area contributed by atoms with Gasteiger partial charge in [0.1, 0.15) is 12.4 Å². The van der Waals surface area contributed by atoms with Gasteiger partial charge in [0.05, 0.1) is 5.69 Å².